The van der Waals surface area contributed by atoms with Gasteiger partial charge in [0.2, 0.25) is 0 Å². The van der Waals surface area contributed by atoms with Gasteiger partial charge < -0.3 is 4.84 Å². The Bertz CT molecular complexity index is 671. The van der Waals surface area contributed by atoms with Crippen LogP contribution in [-0.2, 0) is 11.4 Å². The molecule has 21 heavy (non-hydrogen) atoms. The molecule has 0 spiro atoms. The fourth-order valence-electron chi connectivity index (χ4n) is 1.63. The molecule has 0 aromatic heterocycles. The quantitative estimate of drug-likeness (QED) is 0.477. The highest BCUT2D eigenvalue weighted by atomic mass is 35.5. The van der Waals surface area contributed by atoms with Crippen LogP contribution in [0.1, 0.15) is 11.1 Å². The third-order valence-electron chi connectivity index (χ3n) is 2.67. The molecule has 0 amide bonds. The summed E-state index contributed by atoms with van der Waals surface area (Å²) in [7, 11) is 0. The molecule has 5 nitrogen and oxygen atoms in total. The van der Waals surface area contributed by atoms with E-state index in [2.05, 4.69) is 5.16 Å². The molecule has 0 aliphatic carbocycles. The molecule has 0 fully saturated rings. The van der Waals surface area contributed by atoms with Crippen LogP contribution in [0.4, 0.5) is 10.1 Å². The average molecular weight is 309 g/mol. The zero-order valence-electron chi connectivity index (χ0n) is 10.7. The SMILES string of the molecule is O=[N+]([O-])c1ccccc1C=NOCc1c(F)cccc1Cl. The Hall–Kier alpha value is -2.47. The highest BCUT2D eigenvalue weighted by Gasteiger charge is 2.10. The van der Waals surface area contributed by atoms with Crippen LogP contribution >= 0.6 is 11.6 Å². The maximum Gasteiger partial charge on any atom is 0.278 e. The van der Waals surface area contributed by atoms with E-state index in [-0.39, 0.29) is 22.9 Å². The van der Waals surface area contributed by atoms with E-state index in [1.807, 2.05) is 0 Å². The van der Waals surface area contributed by atoms with E-state index in [1.165, 1.54) is 36.5 Å². The topological polar surface area (TPSA) is 64.7 Å². The van der Waals surface area contributed by atoms with Crippen LogP contribution in [0.2, 0.25) is 5.02 Å². The minimum absolute atomic E-state index is 0.0891. The summed E-state index contributed by atoms with van der Waals surface area (Å²) in [5.41, 5.74) is 0.384. The van der Waals surface area contributed by atoms with Crippen LogP contribution in [0.15, 0.2) is 47.6 Å². The molecule has 108 valence electrons. The van der Waals surface area contributed by atoms with Crippen LogP contribution < -0.4 is 0 Å². The van der Waals surface area contributed by atoms with E-state index in [0.717, 1.165) is 0 Å². The lowest BCUT2D eigenvalue weighted by molar-refractivity contribution is -0.385. The number of hydrogen-bond acceptors (Lipinski definition) is 4. The molecule has 0 saturated carbocycles. The van der Waals surface area contributed by atoms with Crippen LogP contribution in [0.3, 0.4) is 0 Å². The van der Waals surface area contributed by atoms with Crippen LogP contribution in [-0.4, -0.2) is 11.1 Å². The number of nitro benzene ring substituents is 1. The van der Waals surface area contributed by atoms with Crippen molar-refractivity contribution in [1.29, 1.82) is 0 Å². The van der Waals surface area contributed by atoms with Gasteiger partial charge in [0.25, 0.3) is 5.69 Å². The van der Waals surface area contributed by atoms with Crippen molar-refractivity contribution in [3.05, 3.63) is 74.5 Å². The summed E-state index contributed by atoms with van der Waals surface area (Å²) in [6, 6.07) is 10.4. The molecular formula is C14H10ClFN2O3. The van der Waals surface area contributed by atoms with E-state index < -0.39 is 10.7 Å². The summed E-state index contributed by atoms with van der Waals surface area (Å²) in [5, 5.41) is 14.6. The first-order valence-corrected chi connectivity index (χ1v) is 6.29. The van der Waals surface area contributed by atoms with Gasteiger partial charge in [-0.15, -0.1) is 0 Å². The van der Waals surface area contributed by atoms with Crippen molar-refractivity contribution < 1.29 is 14.2 Å². The molecule has 2 rings (SSSR count). The average Bonchev–Trinajstić information content (AvgIpc) is 2.46. The van der Waals surface area contributed by atoms with Gasteiger partial charge in [-0.2, -0.15) is 0 Å². The predicted molar refractivity (Wildman–Crippen MR) is 76.9 cm³/mol. The first-order valence-electron chi connectivity index (χ1n) is 5.91. The summed E-state index contributed by atoms with van der Waals surface area (Å²) in [4.78, 5) is 15.2. The Kier molecular flexibility index (Phi) is 4.84. The molecule has 0 atom stereocenters. The first-order chi connectivity index (χ1) is 10.1. The van der Waals surface area contributed by atoms with E-state index in [4.69, 9.17) is 16.4 Å². The molecule has 0 aliphatic heterocycles. The molecule has 0 unspecified atom stereocenters. The fraction of sp³-hybridized carbons (Fsp3) is 0.0714. The van der Waals surface area contributed by atoms with Crippen LogP contribution in [0.5, 0.6) is 0 Å². The summed E-state index contributed by atoms with van der Waals surface area (Å²) in [6.45, 7) is -0.164. The molecule has 2 aromatic rings. The van der Waals surface area contributed by atoms with Gasteiger partial charge in [-0.1, -0.05) is 35.0 Å². The van der Waals surface area contributed by atoms with E-state index in [1.54, 1.807) is 12.1 Å². The minimum Gasteiger partial charge on any atom is -0.391 e. The maximum atomic E-state index is 13.5. The molecule has 7 heteroatoms. The fourth-order valence-corrected chi connectivity index (χ4v) is 1.85. The van der Waals surface area contributed by atoms with Gasteiger partial charge in [0.15, 0.2) is 0 Å². The molecule has 0 bridgehead atoms. The van der Waals surface area contributed by atoms with Gasteiger partial charge in [0.1, 0.15) is 12.4 Å². The highest BCUT2D eigenvalue weighted by Crippen LogP contribution is 2.20. The van der Waals surface area contributed by atoms with E-state index in [0.29, 0.717) is 5.56 Å². The Labute approximate surface area is 124 Å². The van der Waals surface area contributed by atoms with Gasteiger partial charge >= 0.3 is 0 Å². The lowest BCUT2D eigenvalue weighted by atomic mass is 10.2. The number of nitrogens with zero attached hydrogens (tertiary/aromatic N) is 2. The molecule has 0 aliphatic rings. The zero-order valence-corrected chi connectivity index (χ0v) is 11.5. The molecule has 0 N–H and O–H groups in total. The van der Waals surface area contributed by atoms with Gasteiger partial charge in [0.05, 0.1) is 21.7 Å². The van der Waals surface area contributed by atoms with Crippen molar-refractivity contribution in [3.8, 4) is 0 Å². The standard InChI is InChI=1S/C14H10ClFN2O3/c15-12-5-3-6-13(16)11(12)9-21-17-8-10-4-1-2-7-14(10)18(19)20/h1-8H,9H2. The summed E-state index contributed by atoms with van der Waals surface area (Å²) in [5.74, 6) is -0.497. The number of para-hydroxylation sites is 1. The molecule has 0 heterocycles. The molecule has 0 saturated heterocycles. The number of nitro groups is 1. The monoisotopic (exact) mass is 308 g/mol. The van der Waals surface area contributed by atoms with Crippen molar-refractivity contribution >= 4 is 23.5 Å². The van der Waals surface area contributed by atoms with Crippen LogP contribution in [0, 0.1) is 15.9 Å². The minimum atomic E-state index is -0.519. The third-order valence-corrected chi connectivity index (χ3v) is 3.02. The number of benzene rings is 2. The Balaban J connectivity index is 2.06. The second kappa shape index (κ2) is 6.81. The summed E-state index contributed by atoms with van der Waals surface area (Å²) < 4.78 is 13.5. The second-order valence-corrected chi connectivity index (χ2v) is 4.43. The van der Waals surface area contributed by atoms with Crippen molar-refractivity contribution in [2.24, 2.45) is 5.16 Å². The summed E-state index contributed by atoms with van der Waals surface area (Å²) >= 11 is 5.83. The number of rotatable bonds is 5. The van der Waals surface area contributed by atoms with Crippen molar-refractivity contribution in [2.45, 2.75) is 6.61 Å². The third kappa shape index (κ3) is 3.76. The maximum absolute atomic E-state index is 13.5. The van der Waals surface area contributed by atoms with Crippen molar-refractivity contribution in [2.75, 3.05) is 0 Å². The van der Waals surface area contributed by atoms with E-state index in [9.17, 15) is 14.5 Å². The number of oxime groups is 1. The Morgan fingerprint density at radius 3 is 2.76 bits per heavy atom. The van der Waals surface area contributed by atoms with Gasteiger partial charge in [0, 0.05) is 11.6 Å². The van der Waals surface area contributed by atoms with Gasteiger partial charge in [-0.25, -0.2) is 4.39 Å². The predicted octanol–water partition coefficient (Wildman–Crippen LogP) is 3.94. The lowest BCUT2D eigenvalue weighted by Gasteiger charge is -2.03. The Morgan fingerprint density at radius 2 is 2.05 bits per heavy atom. The second-order valence-electron chi connectivity index (χ2n) is 4.02. The van der Waals surface area contributed by atoms with Crippen molar-refractivity contribution in [3.63, 3.8) is 0 Å². The Morgan fingerprint density at radius 1 is 1.29 bits per heavy atom. The first kappa shape index (κ1) is 14.9. The largest absolute Gasteiger partial charge is 0.391 e. The van der Waals surface area contributed by atoms with Gasteiger partial charge in [-0.3, -0.25) is 10.1 Å². The molecule has 2 aromatic carbocycles. The highest BCUT2D eigenvalue weighted by molar-refractivity contribution is 6.31. The van der Waals surface area contributed by atoms with Crippen LogP contribution in [0.25, 0.3) is 0 Å². The molecular weight excluding hydrogens is 299 g/mol. The number of halogens is 2. The summed E-state index contributed by atoms with van der Waals surface area (Å²) in [6.07, 6.45) is 1.20. The lowest BCUT2D eigenvalue weighted by Crippen LogP contribution is -1.96. The smallest absolute Gasteiger partial charge is 0.278 e. The molecule has 0 radical (unpaired) electrons. The zero-order chi connectivity index (χ0) is 15.2. The normalized spacial score (nSPS) is 10.8. The van der Waals surface area contributed by atoms with Crippen molar-refractivity contribution in [1.82, 2.24) is 0 Å². The number of hydrogen-bond donors (Lipinski definition) is 0. The van der Waals surface area contributed by atoms with Gasteiger partial charge in [-0.05, 0) is 18.2 Å². The van der Waals surface area contributed by atoms with E-state index >= 15 is 0 Å².